The quantitative estimate of drug-likeness (QED) is 0.195. The Balaban J connectivity index is 1.45. The van der Waals surface area contributed by atoms with E-state index in [1.165, 1.54) is 25.5 Å². The number of anilines is 2. The molecule has 11 heteroatoms. The molecule has 11 nitrogen and oxygen atoms in total. The number of rotatable bonds is 8. The molecular weight excluding hydrogens is 566 g/mol. The lowest BCUT2D eigenvalue weighted by Crippen LogP contribution is -2.49. The van der Waals surface area contributed by atoms with E-state index in [9.17, 15) is 14.9 Å². The molecule has 1 aromatic rings. The van der Waals surface area contributed by atoms with E-state index in [1.807, 2.05) is 19.9 Å². The summed E-state index contributed by atoms with van der Waals surface area (Å²) in [6.07, 6.45) is 6.18. The van der Waals surface area contributed by atoms with Gasteiger partial charge in [0.1, 0.15) is 17.6 Å². The number of allylic oxidation sites excluding steroid dienone is 3. The van der Waals surface area contributed by atoms with Crippen LogP contribution in [0.3, 0.4) is 0 Å². The average Bonchev–Trinajstić information content (AvgIpc) is 3.86. The standard InChI is InChI=1S/C34H47N9O2/c1-5-30(44)43-17-15-41(16-18-43)26-19-28(38-29(20-26)42-13-11-40(12-14-42)22-25-8-9-25)32(37)39-33(45)34(4)10-6-7-23(2)31(34)27(21-35)24(3)36/h5,19-20,25H,1,6-18,22,36H2,2-4H3,(H2,37,39,45)/b27-24+. The predicted molar refractivity (Wildman–Crippen MR) is 177 cm³/mol. The highest BCUT2D eigenvalue weighted by Gasteiger charge is 2.42. The van der Waals surface area contributed by atoms with Gasteiger partial charge in [-0.1, -0.05) is 12.2 Å². The van der Waals surface area contributed by atoms with Crippen LogP contribution in [0.5, 0.6) is 0 Å². The zero-order valence-electron chi connectivity index (χ0n) is 27.0. The molecule has 1 unspecified atom stereocenters. The van der Waals surface area contributed by atoms with Gasteiger partial charge in [-0.3, -0.25) is 14.5 Å². The highest BCUT2D eigenvalue weighted by molar-refractivity contribution is 6.06. The molecule has 2 aliphatic carbocycles. The number of nitrogens with two attached hydrogens (primary N) is 2. The van der Waals surface area contributed by atoms with E-state index < -0.39 is 11.3 Å². The Morgan fingerprint density at radius 1 is 1.11 bits per heavy atom. The molecule has 3 fully saturated rings. The second-order valence-corrected chi connectivity index (χ2v) is 13.1. The number of hydrogen-bond acceptors (Lipinski definition) is 8. The van der Waals surface area contributed by atoms with Crippen LogP contribution in [0.25, 0.3) is 0 Å². The van der Waals surface area contributed by atoms with Crippen LogP contribution in [0.1, 0.15) is 58.6 Å². The van der Waals surface area contributed by atoms with Gasteiger partial charge in [-0.2, -0.15) is 10.3 Å². The second kappa shape index (κ2) is 13.4. The van der Waals surface area contributed by atoms with Crippen molar-refractivity contribution >= 4 is 29.2 Å². The molecule has 1 saturated carbocycles. The van der Waals surface area contributed by atoms with E-state index in [0.717, 1.165) is 62.0 Å². The topological polar surface area (TPSA) is 148 Å². The zero-order chi connectivity index (χ0) is 32.3. The van der Waals surface area contributed by atoms with Crippen molar-refractivity contribution in [3.63, 3.8) is 0 Å². The Bertz CT molecular complexity index is 1460. The molecule has 1 aromatic heterocycles. The zero-order valence-corrected chi connectivity index (χ0v) is 27.0. The van der Waals surface area contributed by atoms with Crippen molar-refractivity contribution < 1.29 is 9.59 Å². The number of carbonyl (C=O) groups is 2. The second-order valence-electron chi connectivity index (χ2n) is 13.1. The van der Waals surface area contributed by atoms with Crippen LogP contribution < -0.4 is 21.3 Å². The van der Waals surface area contributed by atoms with Crippen molar-refractivity contribution in [3.05, 3.63) is 52.9 Å². The van der Waals surface area contributed by atoms with Gasteiger partial charge in [-0.25, -0.2) is 4.98 Å². The summed E-state index contributed by atoms with van der Waals surface area (Å²) in [6.45, 7) is 16.4. The average molecular weight is 614 g/mol. The molecule has 0 bridgehead atoms. The van der Waals surface area contributed by atoms with Gasteiger partial charge in [0.25, 0.3) is 5.91 Å². The first-order valence-electron chi connectivity index (χ1n) is 16.2. The number of hydrogen-bond donors (Lipinski definition) is 2. The summed E-state index contributed by atoms with van der Waals surface area (Å²) >= 11 is 0. The normalized spacial score (nSPS) is 23.9. The number of nitriles is 1. The summed E-state index contributed by atoms with van der Waals surface area (Å²) < 4.78 is 0. The summed E-state index contributed by atoms with van der Waals surface area (Å²) in [4.78, 5) is 44.4. The number of amides is 2. The number of pyridine rings is 1. The van der Waals surface area contributed by atoms with Gasteiger partial charge in [0.05, 0.1) is 11.0 Å². The van der Waals surface area contributed by atoms with Crippen LogP contribution in [-0.4, -0.2) is 91.3 Å². The maximum atomic E-state index is 14.0. The third-order valence-corrected chi connectivity index (χ3v) is 9.76. The number of nitrogens with zero attached hydrogens (tertiary/aromatic N) is 7. The van der Waals surface area contributed by atoms with Crippen LogP contribution in [0, 0.1) is 22.7 Å². The minimum absolute atomic E-state index is 0.0479. The van der Waals surface area contributed by atoms with E-state index >= 15 is 0 Å². The summed E-state index contributed by atoms with van der Waals surface area (Å²) in [5.74, 6) is 1.23. The maximum Gasteiger partial charge on any atom is 0.258 e. The molecule has 1 atom stereocenters. The molecule has 0 radical (unpaired) electrons. The molecule has 3 heterocycles. The minimum atomic E-state index is -1.02. The summed E-state index contributed by atoms with van der Waals surface area (Å²) in [5, 5.41) is 9.93. The largest absolute Gasteiger partial charge is 0.401 e. The van der Waals surface area contributed by atoms with E-state index in [0.29, 0.717) is 55.1 Å². The third-order valence-electron chi connectivity index (χ3n) is 9.76. The summed E-state index contributed by atoms with van der Waals surface area (Å²) in [6, 6.07) is 6.20. The van der Waals surface area contributed by atoms with Crippen LogP contribution in [0.2, 0.25) is 0 Å². The van der Waals surface area contributed by atoms with Crippen molar-refractivity contribution in [2.45, 2.75) is 52.9 Å². The first kappa shape index (κ1) is 32.2. The number of carbonyl (C=O) groups excluding carboxylic acids is 2. The fraction of sp³-hybridized carbons (Fsp3) is 0.559. The number of amidine groups is 1. The van der Waals surface area contributed by atoms with E-state index in [4.69, 9.17) is 16.5 Å². The monoisotopic (exact) mass is 613 g/mol. The smallest absolute Gasteiger partial charge is 0.258 e. The minimum Gasteiger partial charge on any atom is -0.401 e. The first-order chi connectivity index (χ1) is 21.5. The van der Waals surface area contributed by atoms with Gasteiger partial charge >= 0.3 is 0 Å². The highest BCUT2D eigenvalue weighted by Crippen LogP contribution is 2.45. The molecule has 2 aliphatic heterocycles. The first-order valence-corrected chi connectivity index (χ1v) is 16.2. The number of piperazine rings is 2. The van der Waals surface area contributed by atoms with Crippen molar-refractivity contribution in [1.29, 1.82) is 5.26 Å². The molecule has 5 rings (SSSR count). The van der Waals surface area contributed by atoms with Gasteiger partial charge in [-0.15, -0.1) is 0 Å². The van der Waals surface area contributed by atoms with Crippen LogP contribution in [-0.2, 0) is 9.59 Å². The number of aromatic nitrogens is 1. The van der Waals surface area contributed by atoms with Crippen molar-refractivity contribution in [3.8, 4) is 6.07 Å². The molecule has 4 N–H and O–H groups in total. The Morgan fingerprint density at radius 2 is 1.78 bits per heavy atom. The van der Waals surface area contributed by atoms with Gasteiger partial charge in [0, 0.05) is 76.4 Å². The summed E-state index contributed by atoms with van der Waals surface area (Å²) in [5.41, 5.74) is 15.4. The van der Waals surface area contributed by atoms with Gasteiger partial charge in [0.15, 0.2) is 5.84 Å². The number of aliphatic imine (C=N–C) groups is 1. The summed E-state index contributed by atoms with van der Waals surface area (Å²) in [7, 11) is 0. The molecule has 45 heavy (non-hydrogen) atoms. The molecule has 0 aromatic carbocycles. The lowest BCUT2D eigenvalue weighted by atomic mass is 9.68. The molecule has 4 aliphatic rings. The Hall–Kier alpha value is -4.17. The highest BCUT2D eigenvalue weighted by atomic mass is 16.2. The molecule has 240 valence electrons. The van der Waals surface area contributed by atoms with Crippen molar-refractivity contribution in [2.24, 2.45) is 27.8 Å². The predicted octanol–water partition coefficient (Wildman–Crippen LogP) is 2.94. The SMILES string of the molecule is C=CC(=O)N1CCN(c2cc(C(N)=NC(=O)C3(C)CCCC(C)=C3/C(C#N)=C(\C)N)nc(N3CCN(CC4CC4)CC3)c2)CC1. The fourth-order valence-electron chi connectivity index (χ4n) is 6.88. The van der Waals surface area contributed by atoms with E-state index in [-0.39, 0.29) is 11.7 Å². The van der Waals surface area contributed by atoms with Crippen molar-refractivity contribution in [2.75, 3.05) is 68.7 Å². The van der Waals surface area contributed by atoms with E-state index in [1.54, 1.807) is 11.8 Å². The van der Waals surface area contributed by atoms with E-state index in [2.05, 4.69) is 38.4 Å². The maximum absolute atomic E-state index is 14.0. The Kier molecular flexibility index (Phi) is 9.63. The molecule has 0 spiro atoms. The van der Waals surface area contributed by atoms with Crippen LogP contribution in [0.15, 0.2) is 52.2 Å². The molecule has 2 amide bonds. The van der Waals surface area contributed by atoms with Gasteiger partial charge < -0.3 is 26.2 Å². The lowest BCUT2D eigenvalue weighted by Gasteiger charge is -2.38. The van der Waals surface area contributed by atoms with Crippen LogP contribution in [0.4, 0.5) is 11.5 Å². The molecule has 2 saturated heterocycles. The third kappa shape index (κ3) is 7.06. The molecular formula is C34H47N9O2. The van der Waals surface area contributed by atoms with Gasteiger partial charge in [0.2, 0.25) is 5.91 Å². The fourth-order valence-corrected chi connectivity index (χ4v) is 6.88. The van der Waals surface area contributed by atoms with Crippen LogP contribution >= 0.6 is 0 Å². The van der Waals surface area contributed by atoms with Gasteiger partial charge in [-0.05, 0) is 76.5 Å². The Morgan fingerprint density at radius 3 is 2.38 bits per heavy atom. The lowest BCUT2D eigenvalue weighted by molar-refractivity contribution is -0.126. The van der Waals surface area contributed by atoms with Crippen molar-refractivity contribution in [1.82, 2.24) is 14.8 Å². The Labute approximate surface area is 266 Å².